The van der Waals surface area contributed by atoms with Gasteiger partial charge in [-0.05, 0) is 25.0 Å². The molecule has 1 saturated heterocycles. The summed E-state index contributed by atoms with van der Waals surface area (Å²) >= 11 is 0. The highest BCUT2D eigenvalue weighted by Gasteiger charge is 2.20. The summed E-state index contributed by atoms with van der Waals surface area (Å²) < 4.78 is 1.47. The molecule has 0 radical (unpaired) electrons. The van der Waals surface area contributed by atoms with Gasteiger partial charge < -0.3 is 4.90 Å². The molecule has 2 heterocycles. The fourth-order valence-corrected chi connectivity index (χ4v) is 4.02. The molecule has 32 heavy (non-hydrogen) atoms. The number of aromatic nitrogens is 2. The lowest BCUT2D eigenvalue weighted by molar-refractivity contribution is -0.133. The molecule has 1 aromatic heterocycles. The summed E-state index contributed by atoms with van der Waals surface area (Å²) in [6, 6.07) is 21.8. The van der Waals surface area contributed by atoms with E-state index in [4.69, 9.17) is 0 Å². The van der Waals surface area contributed by atoms with Crippen LogP contribution in [0.4, 0.5) is 0 Å². The Labute approximate surface area is 189 Å². The summed E-state index contributed by atoms with van der Waals surface area (Å²) in [5.74, 6) is 0.159. The first-order chi connectivity index (χ1) is 15.6. The quantitative estimate of drug-likeness (QED) is 0.577. The zero-order valence-electron chi connectivity index (χ0n) is 18.6. The molecule has 6 heteroatoms. The number of aryl methyl sites for hydroxylation is 2. The highest BCUT2D eigenvalue weighted by molar-refractivity contribution is 5.76. The highest BCUT2D eigenvalue weighted by atomic mass is 16.2. The van der Waals surface area contributed by atoms with Gasteiger partial charge in [0.2, 0.25) is 5.91 Å². The van der Waals surface area contributed by atoms with Crippen LogP contribution in [0.1, 0.15) is 24.0 Å². The van der Waals surface area contributed by atoms with Crippen LogP contribution in [-0.2, 0) is 17.9 Å². The lowest BCUT2D eigenvalue weighted by atomic mass is 10.1. The van der Waals surface area contributed by atoms with E-state index in [9.17, 15) is 9.59 Å². The van der Waals surface area contributed by atoms with E-state index in [1.807, 2.05) is 42.2 Å². The molecule has 1 aliphatic rings. The molecule has 0 atom stereocenters. The maximum absolute atomic E-state index is 12.7. The summed E-state index contributed by atoms with van der Waals surface area (Å²) in [6.45, 7) is 6.70. The number of hydrogen-bond acceptors (Lipinski definition) is 4. The summed E-state index contributed by atoms with van der Waals surface area (Å²) in [4.78, 5) is 29.2. The van der Waals surface area contributed by atoms with E-state index in [1.165, 1.54) is 15.8 Å². The number of carbonyl (C=O) groups excluding carboxylic acids is 1. The van der Waals surface area contributed by atoms with Gasteiger partial charge in [-0.2, -0.15) is 5.10 Å². The maximum atomic E-state index is 12.7. The molecular weight excluding hydrogens is 400 g/mol. The van der Waals surface area contributed by atoms with E-state index < -0.39 is 0 Å². The maximum Gasteiger partial charge on any atom is 0.266 e. The van der Waals surface area contributed by atoms with Crippen molar-refractivity contribution in [1.29, 1.82) is 0 Å². The molecule has 4 rings (SSSR count). The molecule has 0 aliphatic carbocycles. The Morgan fingerprint density at radius 3 is 2.34 bits per heavy atom. The zero-order chi connectivity index (χ0) is 22.3. The highest BCUT2D eigenvalue weighted by Crippen LogP contribution is 2.16. The number of carbonyl (C=O) groups is 1. The van der Waals surface area contributed by atoms with Crippen LogP contribution in [0.3, 0.4) is 0 Å². The van der Waals surface area contributed by atoms with E-state index in [2.05, 4.69) is 34.3 Å². The minimum atomic E-state index is -0.136. The number of nitrogens with zero attached hydrogens (tertiary/aromatic N) is 4. The molecule has 2 aromatic carbocycles. The van der Waals surface area contributed by atoms with Gasteiger partial charge in [0.1, 0.15) is 0 Å². The Hall–Kier alpha value is -3.25. The van der Waals surface area contributed by atoms with Gasteiger partial charge in [0, 0.05) is 57.3 Å². The number of piperazine rings is 1. The average Bonchev–Trinajstić information content (AvgIpc) is 2.82. The summed E-state index contributed by atoms with van der Waals surface area (Å²) in [5.41, 5.74) is 4.10. The van der Waals surface area contributed by atoms with Crippen LogP contribution in [0.5, 0.6) is 0 Å². The van der Waals surface area contributed by atoms with Crippen molar-refractivity contribution >= 4 is 5.91 Å². The van der Waals surface area contributed by atoms with Crippen molar-refractivity contribution in [2.24, 2.45) is 0 Å². The SMILES string of the molecule is Cc1ccc(-c2ccc(=O)n(CCCC(=O)N3CCN(Cc4ccccc4)CC3)n2)cc1. The molecule has 166 valence electrons. The number of amides is 1. The van der Waals surface area contributed by atoms with E-state index in [-0.39, 0.29) is 11.5 Å². The topological polar surface area (TPSA) is 58.4 Å². The van der Waals surface area contributed by atoms with Crippen molar-refractivity contribution < 1.29 is 4.79 Å². The van der Waals surface area contributed by atoms with E-state index >= 15 is 0 Å². The molecule has 0 bridgehead atoms. The van der Waals surface area contributed by atoms with Gasteiger partial charge in [-0.25, -0.2) is 4.68 Å². The summed E-state index contributed by atoms with van der Waals surface area (Å²) in [6.07, 6.45) is 1.04. The molecule has 1 amide bonds. The lowest BCUT2D eigenvalue weighted by Gasteiger charge is -2.34. The van der Waals surface area contributed by atoms with E-state index in [0.717, 1.165) is 44.0 Å². The Kier molecular flexibility index (Phi) is 7.12. The Morgan fingerprint density at radius 2 is 1.62 bits per heavy atom. The van der Waals surface area contributed by atoms with Crippen molar-refractivity contribution in [3.8, 4) is 11.3 Å². The van der Waals surface area contributed by atoms with Gasteiger partial charge in [-0.1, -0.05) is 60.2 Å². The second kappa shape index (κ2) is 10.4. The first kappa shape index (κ1) is 22.0. The predicted octanol–water partition coefficient (Wildman–Crippen LogP) is 3.34. The fraction of sp³-hybridized carbons (Fsp3) is 0.346. The smallest absolute Gasteiger partial charge is 0.266 e. The number of rotatable bonds is 7. The van der Waals surface area contributed by atoms with Crippen molar-refractivity contribution in [2.45, 2.75) is 32.9 Å². The minimum Gasteiger partial charge on any atom is -0.340 e. The first-order valence-electron chi connectivity index (χ1n) is 11.3. The van der Waals surface area contributed by atoms with Gasteiger partial charge in [-0.15, -0.1) is 0 Å². The monoisotopic (exact) mass is 430 g/mol. The standard InChI is InChI=1S/C26H30N4O2/c1-21-9-11-23(12-10-21)24-13-14-26(32)30(27-24)15-5-8-25(31)29-18-16-28(17-19-29)20-22-6-3-2-4-7-22/h2-4,6-7,9-14H,5,8,15-20H2,1H3. The van der Waals surface area contributed by atoms with Crippen LogP contribution in [0.2, 0.25) is 0 Å². The van der Waals surface area contributed by atoms with Gasteiger partial charge in [0.25, 0.3) is 5.56 Å². The van der Waals surface area contributed by atoms with Gasteiger partial charge in [-0.3, -0.25) is 14.5 Å². The number of benzene rings is 2. The van der Waals surface area contributed by atoms with Crippen molar-refractivity contribution in [3.05, 3.63) is 88.2 Å². The second-order valence-electron chi connectivity index (χ2n) is 8.39. The molecular formula is C26H30N4O2. The zero-order valence-corrected chi connectivity index (χ0v) is 18.6. The fourth-order valence-electron chi connectivity index (χ4n) is 4.02. The molecule has 1 fully saturated rings. The van der Waals surface area contributed by atoms with Crippen LogP contribution in [0.25, 0.3) is 11.3 Å². The van der Waals surface area contributed by atoms with Crippen molar-refractivity contribution in [1.82, 2.24) is 19.6 Å². The van der Waals surface area contributed by atoms with Crippen LogP contribution in [0, 0.1) is 6.92 Å². The Morgan fingerprint density at radius 1 is 0.906 bits per heavy atom. The van der Waals surface area contributed by atoms with Gasteiger partial charge in [0.05, 0.1) is 5.69 Å². The van der Waals surface area contributed by atoms with Crippen LogP contribution >= 0.6 is 0 Å². The van der Waals surface area contributed by atoms with Gasteiger partial charge in [0.15, 0.2) is 0 Å². The third-order valence-corrected chi connectivity index (χ3v) is 5.95. The number of hydrogen-bond donors (Lipinski definition) is 0. The molecule has 1 aliphatic heterocycles. The van der Waals surface area contributed by atoms with E-state index in [1.54, 1.807) is 12.1 Å². The normalized spacial score (nSPS) is 14.5. The van der Waals surface area contributed by atoms with Crippen molar-refractivity contribution in [2.75, 3.05) is 26.2 Å². The Bertz CT molecular complexity index is 1080. The minimum absolute atomic E-state index is 0.136. The molecule has 0 spiro atoms. The first-order valence-corrected chi connectivity index (χ1v) is 11.3. The van der Waals surface area contributed by atoms with Crippen LogP contribution in [0.15, 0.2) is 71.5 Å². The van der Waals surface area contributed by atoms with Crippen molar-refractivity contribution in [3.63, 3.8) is 0 Å². The third-order valence-electron chi connectivity index (χ3n) is 5.95. The van der Waals surface area contributed by atoms with Crippen LogP contribution < -0.4 is 5.56 Å². The van der Waals surface area contributed by atoms with Crippen LogP contribution in [-0.4, -0.2) is 51.7 Å². The molecule has 3 aromatic rings. The average molecular weight is 431 g/mol. The Balaban J connectivity index is 1.26. The summed E-state index contributed by atoms with van der Waals surface area (Å²) in [5, 5.41) is 4.50. The molecule has 0 unspecified atom stereocenters. The van der Waals surface area contributed by atoms with E-state index in [0.29, 0.717) is 19.4 Å². The lowest BCUT2D eigenvalue weighted by Crippen LogP contribution is -2.48. The third kappa shape index (κ3) is 5.71. The summed E-state index contributed by atoms with van der Waals surface area (Å²) in [7, 11) is 0. The molecule has 0 N–H and O–H groups in total. The molecule has 6 nitrogen and oxygen atoms in total. The molecule has 0 saturated carbocycles. The van der Waals surface area contributed by atoms with Gasteiger partial charge >= 0.3 is 0 Å². The largest absolute Gasteiger partial charge is 0.340 e. The second-order valence-corrected chi connectivity index (χ2v) is 8.39. The predicted molar refractivity (Wildman–Crippen MR) is 126 cm³/mol.